The van der Waals surface area contributed by atoms with Gasteiger partial charge in [0.2, 0.25) is 0 Å². The maximum absolute atomic E-state index is 10.1. The Morgan fingerprint density at radius 2 is 1.74 bits per heavy atom. The predicted molar refractivity (Wildman–Crippen MR) is 91.7 cm³/mol. The highest BCUT2D eigenvalue weighted by Crippen LogP contribution is 2.68. The lowest BCUT2D eigenvalue weighted by atomic mass is 9.42. The summed E-state index contributed by atoms with van der Waals surface area (Å²) in [4.78, 5) is 0. The SMILES string of the molecule is C[C@]12CC[C@H](O)CC1CC[C@@H]1[C@@H]2CC[C@]2(C)[C@H](CO)CC[C@]12N. The summed E-state index contributed by atoms with van der Waals surface area (Å²) in [7, 11) is 0. The minimum Gasteiger partial charge on any atom is -0.396 e. The van der Waals surface area contributed by atoms with Crippen LogP contribution in [0.3, 0.4) is 0 Å². The van der Waals surface area contributed by atoms with E-state index in [9.17, 15) is 10.2 Å². The van der Waals surface area contributed by atoms with E-state index >= 15 is 0 Å². The van der Waals surface area contributed by atoms with Crippen molar-refractivity contribution in [2.24, 2.45) is 40.2 Å². The average molecular weight is 322 g/mol. The molecule has 4 rings (SSSR count). The lowest BCUT2D eigenvalue weighted by Gasteiger charge is -2.64. The summed E-state index contributed by atoms with van der Waals surface area (Å²) in [5.41, 5.74) is 7.60. The van der Waals surface area contributed by atoms with Crippen LogP contribution in [0.15, 0.2) is 0 Å². The zero-order chi connectivity index (χ0) is 16.5. The van der Waals surface area contributed by atoms with Gasteiger partial charge in [0, 0.05) is 12.1 Å². The van der Waals surface area contributed by atoms with Crippen LogP contribution in [0.1, 0.15) is 71.6 Å². The van der Waals surface area contributed by atoms with Crippen LogP contribution in [0.4, 0.5) is 0 Å². The monoisotopic (exact) mass is 321 g/mol. The van der Waals surface area contributed by atoms with Gasteiger partial charge in [-0.25, -0.2) is 0 Å². The maximum atomic E-state index is 10.1. The summed E-state index contributed by atoms with van der Waals surface area (Å²) in [6, 6.07) is 0. The van der Waals surface area contributed by atoms with Gasteiger partial charge in [-0.05, 0) is 92.3 Å². The van der Waals surface area contributed by atoms with Gasteiger partial charge in [0.25, 0.3) is 0 Å². The molecule has 0 aromatic carbocycles. The smallest absolute Gasteiger partial charge is 0.0543 e. The second-order valence-electron chi connectivity index (χ2n) is 9.84. The third-order valence-corrected chi connectivity index (χ3v) is 9.39. The Kier molecular flexibility index (Phi) is 3.69. The number of fused-ring (bicyclic) bond motifs is 5. The Balaban J connectivity index is 1.67. The molecule has 23 heavy (non-hydrogen) atoms. The van der Waals surface area contributed by atoms with Gasteiger partial charge in [0.15, 0.2) is 0 Å². The molecule has 3 heteroatoms. The number of aliphatic hydroxyl groups is 2. The van der Waals surface area contributed by atoms with Crippen LogP contribution < -0.4 is 5.73 Å². The topological polar surface area (TPSA) is 66.5 Å². The third-order valence-electron chi connectivity index (χ3n) is 9.39. The Morgan fingerprint density at radius 1 is 0.957 bits per heavy atom. The van der Waals surface area contributed by atoms with Crippen molar-refractivity contribution in [2.75, 3.05) is 6.61 Å². The molecule has 0 aromatic heterocycles. The molecule has 0 aliphatic heterocycles. The van der Waals surface area contributed by atoms with Crippen molar-refractivity contribution in [3.05, 3.63) is 0 Å². The molecular weight excluding hydrogens is 286 g/mol. The fourth-order valence-corrected chi connectivity index (χ4v) is 7.71. The highest BCUT2D eigenvalue weighted by Gasteiger charge is 2.65. The van der Waals surface area contributed by atoms with Gasteiger partial charge in [-0.15, -0.1) is 0 Å². The molecule has 0 bridgehead atoms. The van der Waals surface area contributed by atoms with E-state index in [2.05, 4.69) is 13.8 Å². The Morgan fingerprint density at radius 3 is 2.48 bits per heavy atom. The molecule has 4 N–H and O–H groups in total. The van der Waals surface area contributed by atoms with Crippen LogP contribution in [-0.2, 0) is 0 Å². The van der Waals surface area contributed by atoms with E-state index in [1.54, 1.807) is 0 Å². The lowest BCUT2D eigenvalue weighted by molar-refractivity contribution is -0.137. The van der Waals surface area contributed by atoms with Gasteiger partial charge in [0.1, 0.15) is 0 Å². The van der Waals surface area contributed by atoms with Gasteiger partial charge in [-0.2, -0.15) is 0 Å². The van der Waals surface area contributed by atoms with Crippen LogP contribution >= 0.6 is 0 Å². The third kappa shape index (κ3) is 1.99. The summed E-state index contributed by atoms with van der Waals surface area (Å²) >= 11 is 0. The van der Waals surface area contributed by atoms with Crippen LogP contribution in [0.25, 0.3) is 0 Å². The molecular formula is C20H35NO2. The quantitative estimate of drug-likeness (QED) is 0.695. The number of rotatable bonds is 1. The summed E-state index contributed by atoms with van der Waals surface area (Å²) in [5.74, 6) is 2.43. The normalized spacial score (nSPS) is 59.1. The van der Waals surface area contributed by atoms with Gasteiger partial charge >= 0.3 is 0 Å². The zero-order valence-electron chi connectivity index (χ0n) is 14.9. The largest absolute Gasteiger partial charge is 0.396 e. The highest BCUT2D eigenvalue weighted by molar-refractivity contribution is 5.18. The van der Waals surface area contributed by atoms with Crippen molar-refractivity contribution in [3.8, 4) is 0 Å². The van der Waals surface area contributed by atoms with Gasteiger partial charge in [-0.3, -0.25) is 0 Å². The molecule has 4 aliphatic carbocycles. The fourth-order valence-electron chi connectivity index (χ4n) is 7.71. The molecule has 4 fully saturated rings. The van der Waals surface area contributed by atoms with Crippen molar-refractivity contribution in [3.63, 3.8) is 0 Å². The molecule has 4 saturated carbocycles. The van der Waals surface area contributed by atoms with E-state index in [1.165, 1.54) is 32.1 Å². The molecule has 1 unspecified atom stereocenters. The van der Waals surface area contributed by atoms with E-state index in [1.807, 2.05) is 0 Å². The number of aliphatic hydroxyl groups excluding tert-OH is 2. The lowest BCUT2D eigenvalue weighted by Crippen LogP contribution is -2.66. The molecule has 0 saturated heterocycles. The summed E-state index contributed by atoms with van der Waals surface area (Å²) in [6.45, 7) is 5.18. The second kappa shape index (κ2) is 5.19. The van der Waals surface area contributed by atoms with Crippen LogP contribution in [0.2, 0.25) is 0 Å². The van der Waals surface area contributed by atoms with Gasteiger partial charge in [-0.1, -0.05) is 13.8 Å². The molecule has 0 radical (unpaired) electrons. The molecule has 0 aromatic rings. The number of hydrogen-bond donors (Lipinski definition) is 3. The van der Waals surface area contributed by atoms with E-state index in [4.69, 9.17) is 5.73 Å². The second-order valence-corrected chi connectivity index (χ2v) is 9.84. The zero-order valence-corrected chi connectivity index (χ0v) is 14.9. The highest BCUT2D eigenvalue weighted by atomic mass is 16.3. The van der Waals surface area contributed by atoms with Crippen molar-refractivity contribution in [2.45, 2.75) is 83.3 Å². The first-order valence-electron chi connectivity index (χ1n) is 9.93. The van der Waals surface area contributed by atoms with Gasteiger partial charge < -0.3 is 15.9 Å². The molecule has 132 valence electrons. The van der Waals surface area contributed by atoms with Crippen LogP contribution in [0.5, 0.6) is 0 Å². The Hall–Kier alpha value is -0.120. The number of nitrogens with two attached hydrogens (primary N) is 1. The van der Waals surface area contributed by atoms with E-state index in [0.29, 0.717) is 29.8 Å². The van der Waals surface area contributed by atoms with Gasteiger partial charge in [0.05, 0.1) is 6.10 Å². The summed E-state index contributed by atoms with van der Waals surface area (Å²) < 4.78 is 0. The number of hydrogen-bond acceptors (Lipinski definition) is 3. The van der Waals surface area contributed by atoms with Crippen molar-refractivity contribution in [1.82, 2.24) is 0 Å². The fraction of sp³-hybridized carbons (Fsp3) is 1.00. The minimum absolute atomic E-state index is 0.0735. The standard InChI is InChI=1S/C20H35NO2/c1-18-8-6-15(23)11-13(18)3-4-17-16(18)7-9-19(2)14(12-22)5-10-20(17,19)21/h13-17,22-23H,3-12,21H2,1-2H3/t13?,14-,15-,16-,17+,18-,19+,20-/m0/s1. The first-order valence-corrected chi connectivity index (χ1v) is 9.93. The Labute approximate surface area is 141 Å². The molecule has 4 aliphatic rings. The van der Waals surface area contributed by atoms with E-state index < -0.39 is 0 Å². The van der Waals surface area contributed by atoms with Crippen molar-refractivity contribution in [1.29, 1.82) is 0 Å². The van der Waals surface area contributed by atoms with Crippen LogP contribution in [0, 0.1) is 34.5 Å². The van der Waals surface area contributed by atoms with Crippen molar-refractivity contribution < 1.29 is 10.2 Å². The molecule has 3 nitrogen and oxygen atoms in total. The summed E-state index contributed by atoms with van der Waals surface area (Å²) in [5, 5.41) is 20.0. The van der Waals surface area contributed by atoms with E-state index in [-0.39, 0.29) is 17.1 Å². The molecule has 0 heterocycles. The molecule has 0 amide bonds. The first kappa shape index (κ1) is 16.4. The van der Waals surface area contributed by atoms with E-state index in [0.717, 1.165) is 31.6 Å². The Bertz CT molecular complexity index is 482. The average Bonchev–Trinajstić information content (AvgIpc) is 2.79. The molecule has 0 spiro atoms. The van der Waals surface area contributed by atoms with Crippen LogP contribution in [-0.4, -0.2) is 28.5 Å². The van der Waals surface area contributed by atoms with Crippen molar-refractivity contribution >= 4 is 0 Å². The summed E-state index contributed by atoms with van der Waals surface area (Å²) in [6.07, 6.45) is 10.2. The predicted octanol–water partition coefficient (Wildman–Crippen LogP) is 3.08. The maximum Gasteiger partial charge on any atom is 0.0543 e. The minimum atomic E-state index is -0.0760. The first-order chi connectivity index (χ1) is 10.8. The molecule has 8 atom stereocenters.